The highest BCUT2D eigenvalue weighted by atomic mass is 32.2. The van der Waals surface area contributed by atoms with Crippen molar-refractivity contribution < 1.29 is 28.8 Å². The fourth-order valence-electron chi connectivity index (χ4n) is 2.28. The molecule has 2 heterocycles. The summed E-state index contributed by atoms with van der Waals surface area (Å²) in [7, 11) is -1.31. The fraction of sp³-hybridized carbons (Fsp3) is 0.154. The molecule has 1 aliphatic rings. The number of aromatic carboxylic acids is 1. The molecule has 0 unspecified atom stereocenters. The number of carboxylic acids is 1. The number of carboxylic acid groups (broad SMARTS) is 1. The second-order valence-electron chi connectivity index (χ2n) is 4.85. The minimum absolute atomic E-state index is 0.144. The molecule has 1 aromatic heterocycles. The van der Waals surface area contributed by atoms with Crippen LogP contribution in [0.25, 0.3) is 0 Å². The summed E-state index contributed by atoms with van der Waals surface area (Å²) >= 11 is 2.52. The second-order valence-corrected chi connectivity index (χ2v) is 7.19. The largest absolute Gasteiger partial charge is 0.537 e. The zero-order valence-corrected chi connectivity index (χ0v) is 13.6. The number of halogens is 1. The van der Waals surface area contributed by atoms with Crippen LogP contribution < -0.4 is 9.97 Å². The topological polar surface area (TPSA) is 109 Å². The average molecular weight is 368 g/mol. The Labute approximate surface area is 144 Å². The van der Waals surface area contributed by atoms with Gasteiger partial charge in [-0.05, 0) is 18.1 Å². The predicted octanol–water partition coefficient (Wildman–Crippen LogP) is 1.66. The molecule has 1 aromatic carbocycles. The lowest BCUT2D eigenvalue weighted by Crippen LogP contribution is -2.41. The molecule has 11 heteroatoms. The van der Waals surface area contributed by atoms with Crippen molar-refractivity contribution in [2.75, 3.05) is 5.32 Å². The molecule has 0 saturated carbocycles. The SMILES string of the molecule is O=CNc1csc(S[C@H]2Cc3ccc(F)c(C(=O)O)c3OB2O)n1. The van der Waals surface area contributed by atoms with Crippen molar-refractivity contribution in [2.45, 2.75) is 15.9 Å². The van der Waals surface area contributed by atoms with Gasteiger partial charge in [0, 0.05) is 5.38 Å². The molecule has 124 valence electrons. The molecule has 2 aromatic rings. The normalized spacial score (nSPS) is 16.2. The van der Waals surface area contributed by atoms with Gasteiger partial charge in [-0.1, -0.05) is 17.8 Å². The number of rotatable bonds is 5. The van der Waals surface area contributed by atoms with Crippen molar-refractivity contribution in [1.29, 1.82) is 0 Å². The van der Waals surface area contributed by atoms with Gasteiger partial charge in [0.2, 0.25) is 6.41 Å². The van der Waals surface area contributed by atoms with Gasteiger partial charge < -0.3 is 20.1 Å². The molecule has 0 saturated heterocycles. The van der Waals surface area contributed by atoms with Crippen LogP contribution in [0.15, 0.2) is 21.9 Å². The summed E-state index contributed by atoms with van der Waals surface area (Å²) in [5.41, 5.74) is -0.0823. The van der Waals surface area contributed by atoms with Gasteiger partial charge in [-0.25, -0.2) is 14.2 Å². The predicted molar refractivity (Wildman–Crippen MR) is 87.1 cm³/mol. The molecular formula is C13H10BFN2O5S2. The Morgan fingerprint density at radius 3 is 3.08 bits per heavy atom. The Morgan fingerprint density at radius 2 is 2.38 bits per heavy atom. The van der Waals surface area contributed by atoms with E-state index in [0.29, 0.717) is 22.1 Å². The smallest absolute Gasteiger partial charge is 0.535 e. The molecule has 0 aliphatic carbocycles. The summed E-state index contributed by atoms with van der Waals surface area (Å²) < 4.78 is 19.6. The van der Waals surface area contributed by atoms with Gasteiger partial charge in [-0.2, -0.15) is 0 Å². The van der Waals surface area contributed by atoms with Crippen molar-refractivity contribution in [3.63, 3.8) is 0 Å². The molecule has 0 bridgehead atoms. The van der Waals surface area contributed by atoms with Crippen LogP contribution in [-0.2, 0) is 11.2 Å². The average Bonchev–Trinajstić information content (AvgIpc) is 2.95. The van der Waals surface area contributed by atoms with Gasteiger partial charge in [-0.3, -0.25) is 4.79 Å². The number of hydrogen-bond acceptors (Lipinski definition) is 7. The molecule has 1 amide bonds. The number of benzene rings is 1. The summed E-state index contributed by atoms with van der Waals surface area (Å²) in [6, 6.07) is 2.51. The van der Waals surface area contributed by atoms with E-state index >= 15 is 0 Å². The number of amides is 1. The van der Waals surface area contributed by atoms with Gasteiger partial charge in [0.25, 0.3) is 0 Å². The zero-order valence-electron chi connectivity index (χ0n) is 11.9. The Bertz CT molecular complexity index is 803. The fourth-order valence-corrected chi connectivity index (χ4v) is 4.34. The summed E-state index contributed by atoms with van der Waals surface area (Å²) in [6.45, 7) is 0. The first-order chi connectivity index (χ1) is 11.5. The van der Waals surface area contributed by atoms with E-state index in [-0.39, 0.29) is 12.2 Å². The molecule has 3 rings (SSSR count). The maximum Gasteiger partial charge on any atom is 0.537 e. The van der Waals surface area contributed by atoms with E-state index < -0.39 is 29.6 Å². The summed E-state index contributed by atoms with van der Waals surface area (Å²) in [5.74, 6) is -2.11. The molecule has 24 heavy (non-hydrogen) atoms. The summed E-state index contributed by atoms with van der Waals surface area (Å²) in [4.78, 5) is 25.7. The van der Waals surface area contributed by atoms with E-state index in [1.54, 1.807) is 5.38 Å². The number of thiazole rings is 1. The Morgan fingerprint density at radius 1 is 1.58 bits per heavy atom. The maximum atomic E-state index is 13.7. The summed E-state index contributed by atoms with van der Waals surface area (Å²) in [5, 5.41) is 22.9. The number of aromatic nitrogens is 1. The zero-order chi connectivity index (χ0) is 17.3. The number of nitrogens with zero attached hydrogens (tertiary/aromatic N) is 1. The molecule has 1 aliphatic heterocycles. The lowest BCUT2D eigenvalue weighted by Gasteiger charge is -2.27. The number of anilines is 1. The number of fused-ring (bicyclic) bond motifs is 1. The number of carbonyl (C=O) groups excluding carboxylic acids is 1. The first-order valence-electron chi connectivity index (χ1n) is 6.71. The Kier molecular flexibility index (Phi) is 4.74. The van der Waals surface area contributed by atoms with Crippen LogP contribution in [0.2, 0.25) is 0 Å². The van der Waals surface area contributed by atoms with Crippen LogP contribution in [0.1, 0.15) is 15.9 Å². The van der Waals surface area contributed by atoms with E-state index in [4.69, 9.17) is 9.76 Å². The number of nitrogens with one attached hydrogen (secondary N) is 1. The van der Waals surface area contributed by atoms with Crippen LogP contribution in [0.3, 0.4) is 0 Å². The molecule has 3 N–H and O–H groups in total. The number of thioether (sulfide) groups is 1. The second kappa shape index (κ2) is 6.79. The minimum Gasteiger partial charge on any atom is -0.535 e. The maximum absolute atomic E-state index is 13.7. The van der Waals surface area contributed by atoms with Gasteiger partial charge in [0.15, 0.2) is 4.34 Å². The van der Waals surface area contributed by atoms with Crippen molar-refractivity contribution in [2.24, 2.45) is 0 Å². The highest BCUT2D eigenvalue weighted by Gasteiger charge is 2.39. The standard InChI is InChI=1S/C13H10BFN2O5S2/c15-7-2-1-6-3-8(14(21)22-11(6)10(7)12(19)20)24-13-17-9(4-23-13)16-5-18/h1-2,4-5,8,21H,3H2,(H,16,18)(H,19,20)/t8-/m0/s1. The molecule has 0 fully saturated rings. The van der Waals surface area contributed by atoms with Crippen LogP contribution in [0, 0.1) is 5.82 Å². The van der Waals surface area contributed by atoms with Crippen molar-refractivity contribution >= 4 is 48.4 Å². The molecule has 1 atom stereocenters. The lowest BCUT2D eigenvalue weighted by atomic mass is 9.77. The molecule has 7 nitrogen and oxygen atoms in total. The van der Waals surface area contributed by atoms with Gasteiger partial charge in [0.1, 0.15) is 22.9 Å². The van der Waals surface area contributed by atoms with Crippen LogP contribution >= 0.6 is 23.1 Å². The van der Waals surface area contributed by atoms with Crippen LogP contribution in [0.5, 0.6) is 5.75 Å². The molecule has 0 radical (unpaired) electrons. The van der Waals surface area contributed by atoms with E-state index in [9.17, 15) is 19.0 Å². The quantitative estimate of drug-likeness (QED) is 0.544. The van der Waals surface area contributed by atoms with Crippen molar-refractivity contribution in [3.8, 4) is 5.75 Å². The highest BCUT2D eigenvalue weighted by Crippen LogP contribution is 2.38. The first kappa shape index (κ1) is 16.7. The van der Waals surface area contributed by atoms with Crippen LogP contribution in [0.4, 0.5) is 10.2 Å². The van der Waals surface area contributed by atoms with Crippen LogP contribution in [-0.4, -0.2) is 39.8 Å². The van der Waals surface area contributed by atoms with E-state index in [1.165, 1.54) is 29.2 Å². The molecular weight excluding hydrogens is 358 g/mol. The van der Waals surface area contributed by atoms with E-state index in [1.807, 2.05) is 0 Å². The van der Waals surface area contributed by atoms with E-state index in [2.05, 4.69) is 10.3 Å². The Balaban J connectivity index is 1.83. The molecule has 0 spiro atoms. The van der Waals surface area contributed by atoms with Crippen molar-refractivity contribution in [1.82, 2.24) is 4.98 Å². The third kappa shape index (κ3) is 3.23. The van der Waals surface area contributed by atoms with E-state index in [0.717, 1.165) is 6.07 Å². The third-order valence-electron chi connectivity index (χ3n) is 3.32. The summed E-state index contributed by atoms with van der Waals surface area (Å²) in [6.07, 6.45) is 0.804. The third-order valence-corrected chi connectivity index (χ3v) is 5.53. The Hall–Kier alpha value is -2.11. The van der Waals surface area contributed by atoms with Gasteiger partial charge in [0.05, 0.1) is 5.15 Å². The van der Waals surface area contributed by atoms with Crippen molar-refractivity contribution in [3.05, 3.63) is 34.5 Å². The first-order valence-corrected chi connectivity index (χ1v) is 8.47. The minimum atomic E-state index is -1.45. The highest BCUT2D eigenvalue weighted by molar-refractivity contribution is 8.02. The number of carbonyl (C=O) groups is 2. The lowest BCUT2D eigenvalue weighted by molar-refractivity contribution is -0.105. The van der Waals surface area contributed by atoms with Gasteiger partial charge >= 0.3 is 13.1 Å². The monoisotopic (exact) mass is 368 g/mol. The van der Waals surface area contributed by atoms with Gasteiger partial charge in [-0.15, -0.1) is 11.3 Å². The number of hydrogen-bond donors (Lipinski definition) is 3.